The number of nitro groups is 1. The zero-order chi connectivity index (χ0) is 12.6. The standard InChI is InChI=1S/C9H13NO4S2/c1-9(2,3)7-4-5-8(15-7)16(13,14)6-10(11)12/h4-5H,6H2,1-3H3. The van der Waals surface area contributed by atoms with Crippen LogP contribution >= 0.6 is 11.3 Å². The molecule has 0 spiro atoms. The minimum Gasteiger partial charge on any atom is -0.263 e. The molecule has 0 fully saturated rings. The van der Waals surface area contributed by atoms with E-state index in [1.165, 1.54) is 6.07 Å². The molecule has 0 aromatic carbocycles. The van der Waals surface area contributed by atoms with Crippen LogP contribution in [-0.2, 0) is 15.3 Å². The molecular weight excluding hydrogens is 250 g/mol. The van der Waals surface area contributed by atoms with Gasteiger partial charge in [-0.3, -0.25) is 10.1 Å². The highest BCUT2D eigenvalue weighted by Gasteiger charge is 2.25. The third-order valence-corrected chi connectivity index (χ3v) is 5.52. The van der Waals surface area contributed by atoms with E-state index in [4.69, 9.17) is 0 Å². The Morgan fingerprint density at radius 2 is 1.94 bits per heavy atom. The Morgan fingerprint density at radius 3 is 2.31 bits per heavy atom. The lowest BCUT2D eigenvalue weighted by Crippen LogP contribution is -2.13. The lowest BCUT2D eigenvalue weighted by molar-refractivity contribution is -0.458. The average molecular weight is 263 g/mol. The summed E-state index contributed by atoms with van der Waals surface area (Å²) in [6, 6.07) is 3.14. The first kappa shape index (κ1) is 13.1. The second kappa shape index (κ2) is 4.14. The lowest BCUT2D eigenvalue weighted by Gasteiger charge is -2.15. The summed E-state index contributed by atoms with van der Waals surface area (Å²) in [4.78, 5) is 10.3. The Bertz CT molecular complexity index is 496. The predicted molar refractivity (Wildman–Crippen MR) is 62.1 cm³/mol. The van der Waals surface area contributed by atoms with Crippen LogP contribution in [0.2, 0.25) is 0 Å². The predicted octanol–water partition coefficient (Wildman–Crippen LogP) is 2.05. The minimum absolute atomic E-state index is 0.0640. The molecule has 7 heteroatoms. The summed E-state index contributed by atoms with van der Waals surface area (Å²) in [6.45, 7) is 5.88. The Hall–Kier alpha value is -0.950. The van der Waals surface area contributed by atoms with Crippen molar-refractivity contribution in [3.8, 4) is 0 Å². The second-order valence-corrected chi connectivity index (χ2v) is 7.71. The van der Waals surface area contributed by atoms with E-state index >= 15 is 0 Å². The molecule has 0 saturated heterocycles. The zero-order valence-electron chi connectivity index (χ0n) is 9.26. The van der Waals surface area contributed by atoms with E-state index in [0.717, 1.165) is 16.2 Å². The van der Waals surface area contributed by atoms with Gasteiger partial charge in [0, 0.05) is 9.80 Å². The zero-order valence-corrected chi connectivity index (χ0v) is 10.9. The van der Waals surface area contributed by atoms with Gasteiger partial charge in [-0.25, -0.2) is 8.42 Å². The summed E-state index contributed by atoms with van der Waals surface area (Å²) >= 11 is 1.10. The molecule has 0 N–H and O–H groups in total. The molecule has 1 aromatic rings. The summed E-state index contributed by atoms with van der Waals surface area (Å²) in [5.41, 5.74) is -0.146. The fourth-order valence-electron chi connectivity index (χ4n) is 1.09. The van der Waals surface area contributed by atoms with Gasteiger partial charge >= 0.3 is 5.88 Å². The van der Waals surface area contributed by atoms with Crippen molar-refractivity contribution in [1.29, 1.82) is 0 Å². The third-order valence-electron chi connectivity index (χ3n) is 1.90. The van der Waals surface area contributed by atoms with Crippen molar-refractivity contribution >= 4 is 21.2 Å². The van der Waals surface area contributed by atoms with Gasteiger partial charge in [-0.1, -0.05) is 20.8 Å². The van der Waals surface area contributed by atoms with Crippen LogP contribution < -0.4 is 0 Å². The average Bonchev–Trinajstić information content (AvgIpc) is 2.47. The third kappa shape index (κ3) is 3.02. The largest absolute Gasteiger partial charge is 0.306 e. The summed E-state index contributed by atoms with van der Waals surface area (Å²) in [6.07, 6.45) is 0. The maximum Gasteiger partial charge on any atom is 0.306 e. The molecule has 0 aliphatic carbocycles. The van der Waals surface area contributed by atoms with Gasteiger partial charge in [0.2, 0.25) is 0 Å². The van der Waals surface area contributed by atoms with Crippen molar-refractivity contribution in [2.24, 2.45) is 0 Å². The first-order valence-corrected chi connectivity index (χ1v) is 7.05. The normalized spacial score (nSPS) is 12.7. The van der Waals surface area contributed by atoms with Crippen LogP contribution in [0.15, 0.2) is 16.3 Å². The van der Waals surface area contributed by atoms with Gasteiger partial charge in [0.15, 0.2) is 0 Å². The van der Waals surface area contributed by atoms with Crippen LogP contribution in [0.3, 0.4) is 0 Å². The van der Waals surface area contributed by atoms with Gasteiger partial charge in [-0.05, 0) is 17.5 Å². The highest BCUT2D eigenvalue weighted by Crippen LogP contribution is 2.32. The summed E-state index contributed by atoms with van der Waals surface area (Å²) in [7, 11) is -3.78. The van der Waals surface area contributed by atoms with Crippen molar-refractivity contribution in [2.45, 2.75) is 30.4 Å². The Morgan fingerprint density at radius 1 is 1.38 bits per heavy atom. The maximum atomic E-state index is 11.6. The Balaban J connectivity index is 3.08. The molecule has 16 heavy (non-hydrogen) atoms. The van der Waals surface area contributed by atoms with Gasteiger partial charge in [-0.2, -0.15) is 0 Å². The number of hydrogen-bond acceptors (Lipinski definition) is 5. The first-order chi connectivity index (χ1) is 7.13. The summed E-state index contributed by atoms with van der Waals surface area (Å²) in [5.74, 6) is -1.04. The molecule has 90 valence electrons. The minimum atomic E-state index is -3.78. The van der Waals surface area contributed by atoms with Crippen LogP contribution in [0.25, 0.3) is 0 Å². The molecule has 1 aromatic heterocycles. The van der Waals surface area contributed by atoms with E-state index in [1.807, 2.05) is 20.8 Å². The van der Waals surface area contributed by atoms with Crippen molar-refractivity contribution in [2.75, 3.05) is 5.88 Å². The van der Waals surface area contributed by atoms with Crippen molar-refractivity contribution < 1.29 is 13.3 Å². The molecule has 0 bridgehead atoms. The number of hydrogen-bond donors (Lipinski definition) is 0. The van der Waals surface area contributed by atoms with Gasteiger partial charge in [0.05, 0.1) is 0 Å². The van der Waals surface area contributed by atoms with Gasteiger partial charge in [0.25, 0.3) is 9.84 Å². The lowest BCUT2D eigenvalue weighted by atomic mass is 9.95. The number of thiophene rings is 1. The van der Waals surface area contributed by atoms with Crippen LogP contribution in [0.5, 0.6) is 0 Å². The first-order valence-electron chi connectivity index (χ1n) is 4.58. The highest BCUT2D eigenvalue weighted by atomic mass is 32.2. The monoisotopic (exact) mass is 263 g/mol. The van der Waals surface area contributed by atoms with E-state index in [9.17, 15) is 18.5 Å². The fourth-order valence-corrected chi connectivity index (χ4v) is 3.50. The Kier molecular flexibility index (Phi) is 3.39. The molecule has 5 nitrogen and oxygen atoms in total. The number of nitrogens with zero attached hydrogens (tertiary/aromatic N) is 1. The van der Waals surface area contributed by atoms with Crippen molar-refractivity contribution in [3.05, 3.63) is 27.1 Å². The fraction of sp³-hybridized carbons (Fsp3) is 0.556. The molecule has 1 heterocycles. The van der Waals surface area contributed by atoms with Gasteiger partial charge < -0.3 is 0 Å². The SMILES string of the molecule is CC(C)(C)c1ccc(S(=O)(=O)C[N+](=O)[O-])s1. The summed E-state index contributed by atoms with van der Waals surface area (Å²) < 4.78 is 23.2. The topological polar surface area (TPSA) is 77.3 Å². The van der Waals surface area contributed by atoms with Crippen LogP contribution in [0, 0.1) is 10.1 Å². The smallest absolute Gasteiger partial charge is 0.263 e. The quantitative estimate of drug-likeness (QED) is 0.617. The van der Waals surface area contributed by atoms with Crippen LogP contribution in [0.1, 0.15) is 25.6 Å². The maximum absolute atomic E-state index is 11.6. The molecule has 0 unspecified atom stereocenters. The molecule has 0 radical (unpaired) electrons. The molecule has 0 aliphatic rings. The van der Waals surface area contributed by atoms with E-state index in [0.29, 0.717) is 0 Å². The molecular formula is C9H13NO4S2. The molecule has 0 aliphatic heterocycles. The molecule has 0 amide bonds. The Labute approximate surface area is 98.2 Å². The van der Waals surface area contributed by atoms with Gasteiger partial charge in [0.1, 0.15) is 4.21 Å². The van der Waals surface area contributed by atoms with E-state index in [1.54, 1.807) is 6.07 Å². The van der Waals surface area contributed by atoms with Crippen molar-refractivity contribution in [1.82, 2.24) is 0 Å². The second-order valence-electron chi connectivity index (χ2n) is 4.45. The molecule has 1 rings (SSSR count). The number of sulfone groups is 1. The highest BCUT2D eigenvalue weighted by molar-refractivity contribution is 7.93. The van der Waals surface area contributed by atoms with E-state index < -0.39 is 20.6 Å². The van der Waals surface area contributed by atoms with Crippen LogP contribution in [0.4, 0.5) is 0 Å². The number of rotatable bonds is 3. The summed E-state index contributed by atoms with van der Waals surface area (Å²) in [5, 5.41) is 10.2. The van der Waals surface area contributed by atoms with E-state index in [-0.39, 0.29) is 9.62 Å². The molecule has 0 atom stereocenters. The molecule has 0 saturated carbocycles. The van der Waals surface area contributed by atoms with Crippen LogP contribution in [-0.4, -0.2) is 19.2 Å². The van der Waals surface area contributed by atoms with E-state index in [2.05, 4.69) is 0 Å². The van der Waals surface area contributed by atoms with Gasteiger partial charge in [-0.15, -0.1) is 11.3 Å². The van der Waals surface area contributed by atoms with Crippen molar-refractivity contribution in [3.63, 3.8) is 0 Å².